The molecule has 3 fully saturated rings. The summed E-state index contributed by atoms with van der Waals surface area (Å²) in [6, 6.07) is 0. The first kappa shape index (κ1) is 17.2. The number of nitrogens with two attached hydrogens (primary N) is 1. The maximum absolute atomic E-state index is 12.9. The molecule has 1 aliphatic carbocycles. The molecule has 0 bridgehead atoms. The summed E-state index contributed by atoms with van der Waals surface area (Å²) < 4.78 is 0. The highest BCUT2D eigenvalue weighted by Gasteiger charge is 2.39. The van der Waals surface area contributed by atoms with Gasteiger partial charge in [-0.1, -0.05) is 26.2 Å². The number of likely N-dealkylation sites (tertiary alicyclic amines) is 2. The smallest absolute Gasteiger partial charge is 0.242 e. The molecular weight excluding hydrogens is 286 g/mol. The van der Waals surface area contributed by atoms with Crippen LogP contribution in [0.1, 0.15) is 64.7 Å². The zero-order chi connectivity index (χ0) is 16.3. The molecule has 2 heterocycles. The van der Waals surface area contributed by atoms with Crippen LogP contribution in [0.15, 0.2) is 0 Å². The van der Waals surface area contributed by atoms with E-state index in [2.05, 4.69) is 16.7 Å². The molecule has 0 aromatic rings. The van der Waals surface area contributed by atoms with Crippen LogP contribution in [-0.2, 0) is 4.79 Å². The van der Waals surface area contributed by atoms with Gasteiger partial charge >= 0.3 is 0 Å². The molecule has 1 saturated carbocycles. The Labute approximate surface area is 141 Å². The van der Waals surface area contributed by atoms with E-state index in [0.29, 0.717) is 5.92 Å². The van der Waals surface area contributed by atoms with Crippen LogP contribution in [0.2, 0.25) is 0 Å². The van der Waals surface area contributed by atoms with E-state index >= 15 is 0 Å². The van der Waals surface area contributed by atoms with Crippen molar-refractivity contribution in [2.24, 2.45) is 17.6 Å². The van der Waals surface area contributed by atoms with Gasteiger partial charge in [0, 0.05) is 19.6 Å². The van der Waals surface area contributed by atoms with Crippen LogP contribution in [0.4, 0.5) is 0 Å². The molecule has 0 spiro atoms. The lowest BCUT2D eigenvalue weighted by Gasteiger charge is -2.42. The quantitative estimate of drug-likeness (QED) is 0.869. The Kier molecular flexibility index (Phi) is 5.63. The van der Waals surface area contributed by atoms with Crippen LogP contribution in [0, 0.1) is 11.8 Å². The summed E-state index contributed by atoms with van der Waals surface area (Å²) in [7, 11) is 0. The van der Waals surface area contributed by atoms with Gasteiger partial charge in [-0.2, -0.15) is 0 Å². The van der Waals surface area contributed by atoms with E-state index in [1.165, 1.54) is 45.3 Å². The maximum Gasteiger partial charge on any atom is 0.242 e. The molecule has 4 heteroatoms. The van der Waals surface area contributed by atoms with Crippen molar-refractivity contribution in [1.29, 1.82) is 0 Å². The summed E-state index contributed by atoms with van der Waals surface area (Å²) in [4.78, 5) is 17.7. The third-order valence-corrected chi connectivity index (χ3v) is 6.37. The second-order valence-electron chi connectivity index (χ2n) is 8.46. The van der Waals surface area contributed by atoms with Crippen LogP contribution < -0.4 is 5.73 Å². The minimum atomic E-state index is -0.555. The zero-order valence-electron chi connectivity index (χ0n) is 14.9. The lowest BCUT2D eigenvalue weighted by Crippen LogP contribution is -2.58. The van der Waals surface area contributed by atoms with Crippen LogP contribution >= 0.6 is 0 Å². The number of carbonyl (C=O) groups excluding carboxylic acids is 1. The SMILES string of the molecule is CC1CCN(CC2CCCN(C(=O)C3(N)CCCCC3)C2)CC1. The van der Waals surface area contributed by atoms with Gasteiger partial charge < -0.3 is 15.5 Å². The molecule has 0 aromatic carbocycles. The van der Waals surface area contributed by atoms with Crippen molar-refractivity contribution < 1.29 is 4.79 Å². The lowest BCUT2D eigenvalue weighted by atomic mass is 9.81. The van der Waals surface area contributed by atoms with E-state index in [1.807, 2.05) is 0 Å². The van der Waals surface area contributed by atoms with Crippen LogP contribution in [0.3, 0.4) is 0 Å². The average Bonchev–Trinajstić information content (AvgIpc) is 2.57. The van der Waals surface area contributed by atoms with Gasteiger partial charge in [0.2, 0.25) is 5.91 Å². The molecule has 4 nitrogen and oxygen atoms in total. The van der Waals surface area contributed by atoms with Crippen molar-refractivity contribution in [2.75, 3.05) is 32.7 Å². The van der Waals surface area contributed by atoms with E-state index < -0.39 is 5.54 Å². The second kappa shape index (κ2) is 7.52. The monoisotopic (exact) mass is 321 g/mol. The van der Waals surface area contributed by atoms with Gasteiger partial charge in [-0.15, -0.1) is 0 Å². The summed E-state index contributed by atoms with van der Waals surface area (Å²) in [6.07, 6.45) is 10.3. The van der Waals surface area contributed by atoms with E-state index in [4.69, 9.17) is 5.73 Å². The minimum Gasteiger partial charge on any atom is -0.341 e. The first-order valence-corrected chi connectivity index (χ1v) is 9.87. The second-order valence-corrected chi connectivity index (χ2v) is 8.46. The molecule has 1 unspecified atom stereocenters. The predicted octanol–water partition coefficient (Wildman–Crippen LogP) is 2.62. The third-order valence-electron chi connectivity index (χ3n) is 6.37. The summed E-state index contributed by atoms with van der Waals surface area (Å²) in [5.41, 5.74) is 5.92. The van der Waals surface area contributed by atoms with Crippen molar-refractivity contribution in [1.82, 2.24) is 9.80 Å². The zero-order valence-corrected chi connectivity index (χ0v) is 14.9. The minimum absolute atomic E-state index is 0.245. The standard InChI is InChI=1S/C19H35N3O/c1-16-7-12-21(13-8-16)14-17-6-5-11-22(15-17)18(23)19(20)9-3-2-4-10-19/h16-17H,2-15,20H2,1H3. The number of rotatable bonds is 3. The Bertz CT molecular complexity index is 397. The summed E-state index contributed by atoms with van der Waals surface area (Å²) in [5.74, 6) is 1.78. The highest BCUT2D eigenvalue weighted by atomic mass is 16.2. The fraction of sp³-hybridized carbons (Fsp3) is 0.947. The van der Waals surface area contributed by atoms with Gasteiger partial charge in [-0.05, 0) is 63.5 Å². The van der Waals surface area contributed by atoms with Crippen LogP contribution in [-0.4, -0.2) is 54.0 Å². The van der Waals surface area contributed by atoms with Crippen molar-refractivity contribution in [2.45, 2.75) is 70.3 Å². The van der Waals surface area contributed by atoms with Crippen molar-refractivity contribution in [3.05, 3.63) is 0 Å². The van der Waals surface area contributed by atoms with Crippen molar-refractivity contribution >= 4 is 5.91 Å². The predicted molar refractivity (Wildman–Crippen MR) is 94.1 cm³/mol. The van der Waals surface area contributed by atoms with Gasteiger partial charge in [-0.3, -0.25) is 4.79 Å². The van der Waals surface area contributed by atoms with Crippen LogP contribution in [0.5, 0.6) is 0 Å². The normalized spacial score (nSPS) is 30.3. The number of amides is 1. The lowest BCUT2D eigenvalue weighted by molar-refractivity contribution is -0.140. The maximum atomic E-state index is 12.9. The highest BCUT2D eigenvalue weighted by Crippen LogP contribution is 2.30. The molecule has 2 N–H and O–H groups in total. The fourth-order valence-corrected chi connectivity index (χ4v) is 4.72. The molecule has 0 radical (unpaired) electrons. The highest BCUT2D eigenvalue weighted by molar-refractivity contribution is 5.86. The Balaban J connectivity index is 1.52. The third kappa shape index (κ3) is 4.27. The Hall–Kier alpha value is -0.610. The number of carbonyl (C=O) groups is 1. The molecule has 3 rings (SSSR count). The molecule has 2 aliphatic heterocycles. The topological polar surface area (TPSA) is 49.6 Å². The molecule has 3 aliphatic rings. The Morgan fingerprint density at radius 3 is 2.43 bits per heavy atom. The summed E-state index contributed by atoms with van der Waals surface area (Å²) in [5, 5.41) is 0. The number of hydrogen-bond donors (Lipinski definition) is 1. The van der Waals surface area contributed by atoms with Gasteiger partial charge in [0.15, 0.2) is 0 Å². The van der Waals surface area contributed by atoms with E-state index in [0.717, 1.165) is 51.1 Å². The van der Waals surface area contributed by atoms with Gasteiger partial charge in [0.25, 0.3) is 0 Å². The summed E-state index contributed by atoms with van der Waals surface area (Å²) >= 11 is 0. The van der Waals surface area contributed by atoms with Gasteiger partial charge in [-0.25, -0.2) is 0 Å². The van der Waals surface area contributed by atoms with Gasteiger partial charge in [0.1, 0.15) is 0 Å². The molecule has 1 amide bonds. The van der Waals surface area contributed by atoms with Crippen LogP contribution in [0.25, 0.3) is 0 Å². The molecule has 132 valence electrons. The Morgan fingerprint density at radius 2 is 1.74 bits per heavy atom. The average molecular weight is 322 g/mol. The fourth-order valence-electron chi connectivity index (χ4n) is 4.72. The van der Waals surface area contributed by atoms with E-state index in [9.17, 15) is 4.79 Å². The van der Waals surface area contributed by atoms with E-state index in [-0.39, 0.29) is 5.91 Å². The number of nitrogens with zero attached hydrogens (tertiary/aromatic N) is 2. The Morgan fingerprint density at radius 1 is 1.04 bits per heavy atom. The molecular formula is C19H35N3O. The molecule has 0 aromatic heterocycles. The van der Waals surface area contributed by atoms with Crippen molar-refractivity contribution in [3.63, 3.8) is 0 Å². The van der Waals surface area contributed by atoms with E-state index in [1.54, 1.807) is 0 Å². The molecule has 2 saturated heterocycles. The first-order chi connectivity index (χ1) is 11.1. The van der Waals surface area contributed by atoms with Crippen molar-refractivity contribution in [3.8, 4) is 0 Å². The first-order valence-electron chi connectivity index (χ1n) is 9.87. The molecule has 23 heavy (non-hydrogen) atoms. The number of hydrogen-bond acceptors (Lipinski definition) is 3. The van der Waals surface area contributed by atoms with Gasteiger partial charge in [0.05, 0.1) is 5.54 Å². The number of piperidine rings is 2. The molecule has 1 atom stereocenters. The largest absolute Gasteiger partial charge is 0.341 e. The summed E-state index contributed by atoms with van der Waals surface area (Å²) in [6.45, 7) is 7.88.